The summed E-state index contributed by atoms with van der Waals surface area (Å²) in [7, 11) is 0. The molecule has 0 spiro atoms. The smallest absolute Gasteiger partial charge is 0.140 e. The zero-order chi connectivity index (χ0) is 11.1. The molecule has 0 N–H and O–H groups in total. The quantitative estimate of drug-likeness (QED) is 0.758. The third-order valence-corrected chi connectivity index (χ3v) is 4.11. The van der Waals surface area contributed by atoms with E-state index in [4.69, 9.17) is 0 Å². The Bertz CT molecular complexity index is 520. The van der Waals surface area contributed by atoms with E-state index in [0.29, 0.717) is 0 Å². The van der Waals surface area contributed by atoms with Crippen LogP contribution in [-0.4, -0.2) is 23.1 Å². The van der Waals surface area contributed by atoms with E-state index in [-0.39, 0.29) is 0 Å². The second-order valence-electron chi connectivity index (χ2n) is 4.61. The van der Waals surface area contributed by atoms with E-state index in [9.17, 15) is 0 Å². The van der Waals surface area contributed by atoms with Crippen LogP contribution in [-0.2, 0) is 0 Å². The van der Waals surface area contributed by atoms with Crippen LogP contribution in [0.1, 0.15) is 18.2 Å². The summed E-state index contributed by atoms with van der Waals surface area (Å²) in [6, 6.07) is 2.21. The molecule has 0 aromatic carbocycles. The molecule has 0 aliphatic carbocycles. The first kappa shape index (κ1) is 10.0. The first-order chi connectivity index (χ1) is 7.74. The highest BCUT2D eigenvalue weighted by Gasteiger charge is 2.22. The van der Waals surface area contributed by atoms with Crippen molar-refractivity contribution in [2.75, 3.05) is 18.0 Å². The van der Waals surface area contributed by atoms with Gasteiger partial charge in [0.15, 0.2) is 0 Å². The maximum atomic E-state index is 4.46. The molecule has 2 aromatic heterocycles. The van der Waals surface area contributed by atoms with Crippen molar-refractivity contribution < 1.29 is 0 Å². The third kappa shape index (κ3) is 1.57. The van der Waals surface area contributed by atoms with Gasteiger partial charge in [-0.05, 0) is 25.3 Å². The first-order valence-electron chi connectivity index (χ1n) is 5.70. The van der Waals surface area contributed by atoms with Crippen LogP contribution in [0.3, 0.4) is 0 Å². The van der Waals surface area contributed by atoms with Gasteiger partial charge in [-0.1, -0.05) is 6.92 Å². The Morgan fingerprint density at radius 3 is 3.06 bits per heavy atom. The van der Waals surface area contributed by atoms with Crippen molar-refractivity contribution in [1.82, 2.24) is 9.97 Å². The number of aryl methyl sites for hydroxylation is 1. The highest BCUT2D eigenvalue weighted by molar-refractivity contribution is 7.18. The van der Waals surface area contributed by atoms with Gasteiger partial charge >= 0.3 is 0 Å². The minimum Gasteiger partial charge on any atom is -0.356 e. The Balaban J connectivity index is 2.09. The van der Waals surface area contributed by atoms with E-state index in [1.807, 2.05) is 0 Å². The average Bonchev–Trinajstić information content (AvgIpc) is 2.82. The second-order valence-corrected chi connectivity index (χ2v) is 5.85. The predicted octanol–water partition coefficient (Wildman–Crippen LogP) is 2.85. The molecular formula is C12H15N3S. The lowest BCUT2D eigenvalue weighted by Gasteiger charge is -2.17. The van der Waals surface area contributed by atoms with Crippen LogP contribution < -0.4 is 4.90 Å². The molecule has 1 aliphatic rings. The normalized spacial score (nSPS) is 20.9. The highest BCUT2D eigenvalue weighted by Crippen LogP contribution is 2.32. The number of hydrogen-bond acceptors (Lipinski definition) is 4. The molecule has 0 amide bonds. The summed E-state index contributed by atoms with van der Waals surface area (Å²) >= 11 is 1.75. The number of fused-ring (bicyclic) bond motifs is 1. The summed E-state index contributed by atoms with van der Waals surface area (Å²) in [4.78, 5) is 13.6. The molecule has 1 atom stereocenters. The van der Waals surface area contributed by atoms with Gasteiger partial charge in [-0.2, -0.15) is 0 Å². The molecule has 1 unspecified atom stereocenters. The molecule has 16 heavy (non-hydrogen) atoms. The van der Waals surface area contributed by atoms with Gasteiger partial charge in [-0.3, -0.25) is 0 Å². The van der Waals surface area contributed by atoms with Crippen molar-refractivity contribution in [3.8, 4) is 0 Å². The molecule has 3 nitrogen and oxygen atoms in total. The molecule has 4 heteroatoms. The molecule has 0 radical (unpaired) electrons. The van der Waals surface area contributed by atoms with E-state index in [2.05, 4.69) is 34.8 Å². The van der Waals surface area contributed by atoms with E-state index < -0.39 is 0 Å². The van der Waals surface area contributed by atoms with Crippen LogP contribution in [0.4, 0.5) is 5.82 Å². The molecule has 0 bridgehead atoms. The number of rotatable bonds is 1. The van der Waals surface area contributed by atoms with Crippen molar-refractivity contribution in [3.63, 3.8) is 0 Å². The Hall–Kier alpha value is -1.16. The molecule has 0 saturated carbocycles. The summed E-state index contributed by atoms with van der Waals surface area (Å²) < 4.78 is 0. The Kier molecular flexibility index (Phi) is 2.32. The highest BCUT2D eigenvalue weighted by atomic mass is 32.1. The fourth-order valence-electron chi connectivity index (χ4n) is 2.34. The van der Waals surface area contributed by atoms with Crippen molar-refractivity contribution >= 4 is 27.4 Å². The van der Waals surface area contributed by atoms with Crippen LogP contribution >= 0.6 is 11.3 Å². The molecular weight excluding hydrogens is 218 g/mol. The van der Waals surface area contributed by atoms with Crippen LogP contribution in [0.5, 0.6) is 0 Å². The SMILES string of the molecule is Cc1cc2c(N3CCC(C)C3)ncnc2s1. The molecule has 1 fully saturated rings. The molecule has 3 heterocycles. The van der Waals surface area contributed by atoms with Crippen molar-refractivity contribution in [1.29, 1.82) is 0 Å². The number of aromatic nitrogens is 2. The lowest BCUT2D eigenvalue weighted by Crippen LogP contribution is -2.20. The molecule has 2 aromatic rings. The molecule has 3 rings (SSSR count). The average molecular weight is 233 g/mol. The summed E-state index contributed by atoms with van der Waals surface area (Å²) in [6.07, 6.45) is 2.96. The van der Waals surface area contributed by atoms with Gasteiger partial charge in [-0.25, -0.2) is 9.97 Å². The topological polar surface area (TPSA) is 29.0 Å². The predicted molar refractivity (Wildman–Crippen MR) is 68.1 cm³/mol. The number of anilines is 1. The zero-order valence-electron chi connectivity index (χ0n) is 9.60. The lowest BCUT2D eigenvalue weighted by molar-refractivity contribution is 0.659. The van der Waals surface area contributed by atoms with Gasteiger partial charge < -0.3 is 4.90 Å². The van der Waals surface area contributed by atoms with Crippen LogP contribution in [0.25, 0.3) is 10.2 Å². The van der Waals surface area contributed by atoms with Crippen molar-refractivity contribution in [2.45, 2.75) is 20.3 Å². The monoisotopic (exact) mass is 233 g/mol. The Morgan fingerprint density at radius 2 is 2.31 bits per heavy atom. The largest absolute Gasteiger partial charge is 0.356 e. The van der Waals surface area contributed by atoms with Gasteiger partial charge in [-0.15, -0.1) is 11.3 Å². The Labute approximate surface area is 99.1 Å². The maximum Gasteiger partial charge on any atom is 0.140 e. The minimum absolute atomic E-state index is 0.782. The number of thiophene rings is 1. The minimum atomic E-state index is 0.782. The van der Waals surface area contributed by atoms with E-state index in [0.717, 1.165) is 29.7 Å². The van der Waals surface area contributed by atoms with Crippen molar-refractivity contribution in [2.24, 2.45) is 5.92 Å². The van der Waals surface area contributed by atoms with Crippen LogP contribution in [0, 0.1) is 12.8 Å². The van der Waals surface area contributed by atoms with E-state index >= 15 is 0 Å². The first-order valence-corrected chi connectivity index (χ1v) is 6.52. The lowest BCUT2D eigenvalue weighted by atomic mass is 10.2. The summed E-state index contributed by atoms with van der Waals surface area (Å²) in [5.74, 6) is 1.91. The number of nitrogens with zero attached hydrogens (tertiary/aromatic N) is 3. The van der Waals surface area contributed by atoms with Gasteiger partial charge in [0.2, 0.25) is 0 Å². The van der Waals surface area contributed by atoms with E-state index in [1.165, 1.54) is 16.7 Å². The van der Waals surface area contributed by atoms with Gasteiger partial charge in [0, 0.05) is 18.0 Å². The van der Waals surface area contributed by atoms with Crippen molar-refractivity contribution in [3.05, 3.63) is 17.3 Å². The zero-order valence-corrected chi connectivity index (χ0v) is 10.4. The fourth-order valence-corrected chi connectivity index (χ4v) is 3.18. The van der Waals surface area contributed by atoms with Gasteiger partial charge in [0.05, 0.1) is 5.39 Å². The summed E-state index contributed by atoms with van der Waals surface area (Å²) in [6.45, 7) is 6.68. The standard InChI is InChI=1S/C12H15N3S/c1-8-3-4-15(6-8)11-10-5-9(2)16-12(10)14-7-13-11/h5,7-8H,3-4,6H2,1-2H3. The Morgan fingerprint density at radius 1 is 1.44 bits per heavy atom. The maximum absolute atomic E-state index is 4.46. The molecule has 84 valence electrons. The third-order valence-electron chi connectivity index (χ3n) is 3.15. The molecule has 1 saturated heterocycles. The van der Waals surface area contributed by atoms with Gasteiger partial charge in [0.1, 0.15) is 17.0 Å². The number of hydrogen-bond donors (Lipinski definition) is 0. The second kappa shape index (κ2) is 3.70. The van der Waals surface area contributed by atoms with E-state index in [1.54, 1.807) is 17.7 Å². The fraction of sp³-hybridized carbons (Fsp3) is 0.500. The molecule has 1 aliphatic heterocycles. The van der Waals surface area contributed by atoms with Crippen LogP contribution in [0.15, 0.2) is 12.4 Å². The van der Waals surface area contributed by atoms with Crippen LogP contribution in [0.2, 0.25) is 0 Å². The summed E-state index contributed by atoms with van der Waals surface area (Å²) in [5, 5.41) is 1.22. The summed E-state index contributed by atoms with van der Waals surface area (Å²) in [5.41, 5.74) is 0. The van der Waals surface area contributed by atoms with Gasteiger partial charge in [0.25, 0.3) is 0 Å².